The highest BCUT2D eigenvalue weighted by atomic mass is 32.2. The Morgan fingerprint density at radius 1 is 1.08 bits per heavy atom. The number of halogens is 2. The zero-order valence-electron chi connectivity index (χ0n) is 13.0. The fraction of sp³-hybridized carbons (Fsp3) is 0.375. The first-order valence-electron chi connectivity index (χ1n) is 7.67. The first kappa shape index (κ1) is 17.5. The molecule has 0 atom stereocenters. The molecular formula is C16H18F2N2O2S2. The van der Waals surface area contributed by atoms with E-state index >= 15 is 0 Å². The van der Waals surface area contributed by atoms with Gasteiger partial charge >= 0.3 is 0 Å². The Morgan fingerprint density at radius 3 is 2.46 bits per heavy atom. The van der Waals surface area contributed by atoms with E-state index in [-0.39, 0.29) is 0 Å². The monoisotopic (exact) mass is 372 g/mol. The molecule has 3 rings (SSSR count). The van der Waals surface area contributed by atoms with Crippen LogP contribution in [0.25, 0.3) is 0 Å². The van der Waals surface area contributed by atoms with E-state index in [9.17, 15) is 17.2 Å². The SMILES string of the molecule is O=S(=O)(c1ccc(F)cc1F)N1CCN(CCc2cccs2)CC1. The van der Waals surface area contributed by atoms with Crippen LogP contribution in [0.1, 0.15) is 4.88 Å². The molecule has 0 aliphatic carbocycles. The van der Waals surface area contributed by atoms with Gasteiger partial charge < -0.3 is 4.90 Å². The molecular weight excluding hydrogens is 354 g/mol. The zero-order valence-corrected chi connectivity index (χ0v) is 14.6. The molecule has 130 valence electrons. The number of piperazine rings is 1. The third-order valence-corrected chi connectivity index (χ3v) is 6.97. The average Bonchev–Trinajstić information content (AvgIpc) is 3.06. The van der Waals surface area contributed by atoms with Crippen LogP contribution in [-0.4, -0.2) is 50.3 Å². The third kappa shape index (κ3) is 3.83. The van der Waals surface area contributed by atoms with Crippen molar-refractivity contribution in [3.63, 3.8) is 0 Å². The third-order valence-electron chi connectivity index (χ3n) is 4.10. The maximum atomic E-state index is 13.8. The predicted molar refractivity (Wildman–Crippen MR) is 89.6 cm³/mol. The summed E-state index contributed by atoms with van der Waals surface area (Å²) in [5.41, 5.74) is 0. The van der Waals surface area contributed by atoms with E-state index in [0.717, 1.165) is 25.1 Å². The van der Waals surface area contributed by atoms with E-state index in [1.54, 1.807) is 11.3 Å². The van der Waals surface area contributed by atoms with Gasteiger partial charge in [0.25, 0.3) is 0 Å². The molecule has 8 heteroatoms. The van der Waals surface area contributed by atoms with E-state index in [4.69, 9.17) is 0 Å². The van der Waals surface area contributed by atoms with Crippen LogP contribution in [0.4, 0.5) is 8.78 Å². The van der Waals surface area contributed by atoms with Crippen molar-refractivity contribution in [1.29, 1.82) is 0 Å². The van der Waals surface area contributed by atoms with Gasteiger partial charge in [0.05, 0.1) is 0 Å². The maximum Gasteiger partial charge on any atom is 0.246 e. The van der Waals surface area contributed by atoms with Gasteiger partial charge in [0.15, 0.2) is 0 Å². The van der Waals surface area contributed by atoms with Crippen molar-refractivity contribution < 1.29 is 17.2 Å². The summed E-state index contributed by atoms with van der Waals surface area (Å²) in [5, 5.41) is 2.04. The van der Waals surface area contributed by atoms with Crippen LogP contribution >= 0.6 is 11.3 Å². The Morgan fingerprint density at radius 2 is 1.83 bits per heavy atom. The standard InChI is InChI=1S/C16H18F2N2O2S2/c17-13-3-4-16(15(18)12-13)24(21,22)20-9-7-19(8-10-20)6-5-14-2-1-11-23-14/h1-4,11-12H,5-10H2. The van der Waals surface area contributed by atoms with Gasteiger partial charge in [0.1, 0.15) is 16.5 Å². The molecule has 1 fully saturated rings. The second kappa shape index (κ2) is 7.26. The summed E-state index contributed by atoms with van der Waals surface area (Å²) >= 11 is 1.71. The van der Waals surface area contributed by atoms with Crippen molar-refractivity contribution >= 4 is 21.4 Å². The molecule has 0 radical (unpaired) electrons. The lowest BCUT2D eigenvalue weighted by molar-refractivity contribution is 0.190. The van der Waals surface area contributed by atoms with Crippen molar-refractivity contribution in [3.05, 3.63) is 52.2 Å². The summed E-state index contributed by atoms with van der Waals surface area (Å²) in [7, 11) is -3.92. The lowest BCUT2D eigenvalue weighted by atomic mass is 10.3. The highest BCUT2D eigenvalue weighted by Gasteiger charge is 2.30. The van der Waals surface area contributed by atoms with Crippen LogP contribution in [0, 0.1) is 11.6 Å². The number of benzene rings is 1. The van der Waals surface area contributed by atoms with Crippen LogP contribution in [-0.2, 0) is 16.4 Å². The van der Waals surface area contributed by atoms with E-state index in [0.29, 0.717) is 32.2 Å². The summed E-state index contributed by atoms with van der Waals surface area (Å²) in [6, 6.07) is 6.66. The topological polar surface area (TPSA) is 40.6 Å². The van der Waals surface area contributed by atoms with E-state index < -0.39 is 26.6 Å². The summed E-state index contributed by atoms with van der Waals surface area (Å²) in [5.74, 6) is -1.83. The number of sulfonamides is 1. The minimum Gasteiger partial charge on any atom is -0.300 e. The lowest BCUT2D eigenvalue weighted by Gasteiger charge is -2.33. The molecule has 0 bridgehead atoms. The molecule has 24 heavy (non-hydrogen) atoms. The van der Waals surface area contributed by atoms with E-state index in [2.05, 4.69) is 11.0 Å². The van der Waals surface area contributed by atoms with Crippen LogP contribution in [0.3, 0.4) is 0 Å². The first-order chi connectivity index (χ1) is 11.5. The minimum atomic E-state index is -3.92. The largest absolute Gasteiger partial charge is 0.300 e. The van der Waals surface area contributed by atoms with Crippen LogP contribution in [0.15, 0.2) is 40.6 Å². The Kier molecular flexibility index (Phi) is 5.29. The summed E-state index contributed by atoms with van der Waals surface area (Å²) in [4.78, 5) is 3.04. The summed E-state index contributed by atoms with van der Waals surface area (Å²) in [6.07, 6.45) is 0.941. The fourth-order valence-electron chi connectivity index (χ4n) is 2.74. The van der Waals surface area contributed by atoms with Gasteiger partial charge in [0.2, 0.25) is 10.0 Å². The number of hydrogen-bond donors (Lipinski definition) is 0. The normalized spacial score (nSPS) is 17.2. The van der Waals surface area contributed by atoms with Crippen molar-refractivity contribution in [1.82, 2.24) is 9.21 Å². The summed E-state index contributed by atoms with van der Waals surface area (Å²) in [6.45, 7) is 2.70. The molecule has 1 aliphatic heterocycles. The van der Waals surface area contributed by atoms with Gasteiger partial charge in [0, 0.05) is 43.7 Å². The van der Waals surface area contributed by atoms with Crippen LogP contribution < -0.4 is 0 Å². The van der Waals surface area contributed by atoms with Crippen molar-refractivity contribution in [2.24, 2.45) is 0 Å². The number of rotatable bonds is 5. The molecule has 1 aromatic heterocycles. The van der Waals surface area contributed by atoms with Crippen molar-refractivity contribution in [2.75, 3.05) is 32.7 Å². The van der Waals surface area contributed by atoms with E-state index in [1.807, 2.05) is 11.4 Å². The van der Waals surface area contributed by atoms with Gasteiger partial charge in [-0.25, -0.2) is 17.2 Å². The van der Waals surface area contributed by atoms with Crippen molar-refractivity contribution in [3.8, 4) is 0 Å². The molecule has 0 N–H and O–H groups in total. The van der Waals surface area contributed by atoms with Crippen molar-refractivity contribution in [2.45, 2.75) is 11.3 Å². The molecule has 1 saturated heterocycles. The molecule has 1 aromatic carbocycles. The Hall–Kier alpha value is -1.35. The number of nitrogens with zero attached hydrogens (tertiary/aromatic N) is 2. The molecule has 0 spiro atoms. The maximum absolute atomic E-state index is 13.8. The molecule has 1 aliphatic rings. The Balaban J connectivity index is 1.61. The second-order valence-corrected chi connectivity index (χ2v) is 8.59. The van der Waals surface area contributed by atoms with Crippen LogP contribution in [0.5, 0.6) is 0 Å². The number of thiophene rings is 1. The highest BCUT2D eigenvalue weighted by Crippen LogP contribution is 2.21. The quantitative estimate of drug-likeness (QED) is 0.810. The van der Waals surface area contributed by atoms with Gasteiger partial charge in [-0.05, 0) is 30.0 Å². The molecule has 4 nitrogen and oxygen atoms in total. The smallest absolute Gasteiger partial charge is 0.246 e. The molecule has 0 unspecified atom stereocenters. The first-order valence-corrected chi connectivity index (χ1v) is 9.99. The second-order valence-electron chi connectivity index (χ2n) is 5.65. The number of hydrogen-bond acceptors (Lipinski definition) is 4. The zero-order chi connectivity index (χ0) is 17.2. The molecule has 2 aromatic rings. The molecule has 0 amide bonds. The van der Waals surface area contributed by atoms with Gasteiger partial charge in [-0.3, -0.25) is 0 Å². The average molecular weight is 372 g/mol. The van der Waals surface area contributed by atoms with Gasteiger partial charge in [-0.1, -0.05) is 6.07 Å². The Bertz CT molecular complexity index is 786. The molecule has 2 heterocycles. The van der Waals surface area contributed by atoms with Gasteiger partial charge in [-0.2, -0.15) is 4.31 Å². The Labute approximate surface area is 144 Å². The highest BCUT2D eigenvalue weighted by molar-refractivity contribution is 7.89. The molecule has 0 saturated carbocycles. The van der Waals surface area contributed by atoms with Crippen LogP contribution in [0.2, 0.25) is 0 Å². The minimum absolute atomic E-state index is 0.309. The fourth-order valence-corrected chi connectivity index (χ4v) is 4.91. The van der Waals surface area contributed by atoms with Gasteiger partial charge in [-0.15, -0.1) is 11.3 Å². The van der Waals surface area contributed by atoms with E-state index in [1.165, 1.54) is 9.18 Å². The predicted octanol–water partition coefficient (Wildman–Crippen LogP) is 2.58. The lowest BCUT2D eigenvalue weighted by Crippen LogP contribution is -2.49. The summed E-state index contributed by atoms with van der Waals surface area (Å²) < 4.78 is 53.1.